The van der Waals surface area contributed by atoms with Crippen molar-refractivity contribution in [2.45, 2.75) is 12.5 Å². The van der Waals surface area contributed by atoms with Crippen molar-refractivity contribution in [3.8, 4) is 11.4 Å². The van der Waals surface area contributed by atoms with Gasteiger partial charge in [0.1, 0.15) is 5.75 Å². The minimum absolute atomic E-state index is 0.0342. The number of ether oxygens (including phenoxy) is 2. The third-order valence-electron chi connectivity index (χ3n) is 3.96. The molecule has 0 radical (unpaired) electrons. The molecule has 3 rings (SSSR count). The van der Waals surface area contributed by atoms with E-state index in [0.29, 0.717) is 37.0 Å². The largest absolute Gasteiger partial charge is 0.493 e. The summed E-state index contributed by atoms with van der Waals surface area (Å²) in [5, 5.41) is 4.71. The van der Waals surface area contributed by atoms with Crippen molar-refractivity contribution >= 4 is 21.6 Å². The summed E-state index contributed by atoms with van der Waals surface area (Å²) >= 11 is 5.87. The van der Waals surface area contributed by atoms with Crippen molar-refractivity contribution in [2.24, 2.45) is 5.92 Å². The Morgan fingerprint density at radius 3 is 2.80 bits per heavy atom. The maximum atomic E-state index is 11.5. The molecule has 9 heteroatoms. The fourth-order valence-electron chi connectivity index (χ4n) is 2.73. The van der Waals surface area contributed by atoms with E-state index in [1.54, 1.807) is 17.1 Å². The molecule has 0 aliphatic carbocycles. The van der Waals surface area contributed by atoms with E-state index in [1.165, 1.54) is 6.26 Å². The van der Waals surface area contributed by atoms with E-state index in [0.717, 1.165) is 5.69 Å². The molecule has 0 bridgehead atoms. The van der Waals surface area contributed by atoms with Gasteiger partial charge in [0.05, 0.1) is 36.4 Å². The third-order valence-corrected chi connectivity index (χ3v) is 4.88. The number of halogens is 1. The highest BCUT2D eigenvalue weighted by Gasteiger charge is 2.28. The van der Waals surface area contributed by atoms with Crippen molar-refractivity contribution < 1.29 is 17.9 Å². The minimum atomic E-state index is -3.26. The number of nitrogens with one attached hydrogen (secondary N) is 1. The zero-order chi connectivity index (χ0) is 17.9. The number of hydrogen-bond acceptors (Lipinski definition) is 5. The van der Waals surface area contributed by atoms with Crippen LogP contribution >= 0.6 is 11.6 Å². The van der Waals surface area contributed by atoms with E-state index in [9.17, 15) is 8.42 Å². The Bertz CT molecular complexity index is 807. The van der Waals surface area contributed by atoms with Crippen LogP contribution < -0.4 is 9.46 Å². The quantitative estimate of drug-likeness (QED) is 0.820. The molecule has 0 saturated carbocycles. The zero-order valence-electron chi connectivity index (χ0n) is 13.8. The first-order chi connectivity index (χ1) is 11.9. The van der Waals surface area contributed by atoms with E-state index in [4.69, 9.17) is 21.1 Å². The average molecular weight is 386 g/mol. The predicted molar refractivity (Wildman–Crippen MR) is 94.8 cm³/mol. The number of aromatic nitrogens is 2. The highest BCUT2D eigenvalue weighted by atomic mass is 35.5. The molecule has 1 aromatic heterocycles. The van der Waals surface area contributed by atoms with Gasteiger partial charge >= 0.3 is 0 Å². The second kappa shape index (κ2) is 7.74. The molecule has 2 aromatic rings. The van der Waals surface area contributed by atoms with Crippen LogP contribution in [-0.4, -0.2) is 50.3 Å². The Labute approximate surface area is 151 Å². The van der Waals surface area contributed by atoms with Crippen LogP contribution in [0.15, 0.2) is 36.7 Å². The summed E-state index contributed by atoms with van der Waals surface area (Å²) in [6, 6.07) is 7.26. The number of sulfonamides is 1. The lowest BCUT2D eigenvalue weighted by Crippen LogP contribution is -2.47. The van der Waals surface area contributed by atoms with Gasteiger partial charge in [0.2, 0.25) is 10.0 Å². The standard InChI is InChI=1S/C16H20ClN3O4S/c1-25(21,22)19-16-6-7-23-10-12(16)11-24-15-4-2-14(3-5-15)20-9-13(17)8-18-20/h2-5,8-9,12,16,19H,6-7,10-11H2,1H3/t12-,16+/m0/s1. The van der Waals surface area contributed by atoms with Crippen LogP contribution in [-0.2, 0) is 14.8 Å². The van der Waals surface area contributed by atoms with Crippen LogP contribution in [0.1, 0.15) is 6.42 Å². The molecular weight excluding hydrogens is 366 g/mol. The van der Waals surface area contributed by atoms with Crippen LogP contribution in [0.2, 0.25) is 5.02 Å². The molecule has 1 aliphatic heterocycles. The van der Waals surface area contributed by atoms with Crippen LogP contribution in [0, 0.1) is 5.92 Å². The van der Waals surface area contributed by atoms with Crippen molar-refractivity contribution in [3.05, 3.63) is 41.7 Å². The summed E-state index contributed by atoms with van der Waals surface area (Å²) in [7, 11) is -3.26. The van der Waals surface area contributed by atoms with Crippen molar-refractivity contribution in [1.82, 2.24) is 14.5 Å². The number of rotatable bonds is 6. The van der Waals surface area contributed by atoms with E-state index >= 15 is 0 Å². The van der Waals surface area contributed by atoms with Gasteiger partial charge < -0.3 is 9.47 Å². The summed E-state index contributed by atoms with van der Waals surface area (Å²) in [4.78, 5) is 0. The predicted octanol–water partition coefficient (Wildman–Crippen LogP) is 1.86. The first-order valence-corrected chi connectivity index (χ1v) is 10.2. The van der Waals surface area contributed by atoms with Gasteiger partial charge in [-0.05, 0) is 30.7 Å². The SMILES string of the molecule is CS(=O)(=O)N[C@@H]1CCOC[C@H]1COc1ccc(-n2cc(Cl)cn2)cc1. The van der Waals surface area contributed by atoms with Crippen LogP contribution in [0.25, 0.3) is 5.69 Å². The minimum Gasteiger partial charge on any atom is -0.493 e. The van der Waals surface area contributed by atoms with E-state index in [2.05, 4.69) is 9.82 Å². The van der Waals surface area contributed by atoms with Gasteiger partial charge in [-0.1, -0.05) is 11.6 Å². The molecular formula is C16H20ClN3O4S. The normalized spacial score (nSPS) is 21.2. The smallest absolute Gasteiger partial charge is 0.208 e. The molecule has 2 atom stereocenters. The van der Waals surface area contributed by atoms with Gasteiger partial charge in [0.25, 0.3) is 0 Å². The molecule has 136 valence electrons. The van der Waals surface area contributed by atoms with Crippen LogP contribution in [0.3, 0.4) is 0 Å². The summed E-state index contributed by atoms with van der Waals surface area (Å²) < 4.78 is 38.6. The van der Waals surface area contributed by atoms with Gasteiger partial charge in [-0.2, -0.15) is 5.10 Å². The van der Waals surface area contributed by atoms with Gasteiger partial charge in [-0.15, -0.1) is 0 Å². The maximum absolute atomic E-state index is 11.5. The first kappa shape index (κ1) is 18.2. The van der Waals surface area contributed by atoms with Crippen molar-refractivity contribution in [2.75, 3.05) is 26.1 Å². The molecule has 1 N–H and O–H groups in total. The fourth-order valence-corrected chi connectivity index (χ4v) is 3.73. The molecule has 0 unspecified atom stereocenters. The molecule has 0 amide bonds. The second-order valence-electron chi connectivity index (χ2n) is 6.03. The van der Waals surface area contributed by atoms with Gasteiger partial charge in [0, 0.05) is 24.8 Å². The molecule has 1 saturated heterocycles. The monoisotopic (exact) mass is 385 g/mol. The van der Waals surface area contributed by atoms with E-state index < -0.39 is 10.0 Å². The van der Waals surface area contributed by atoms with E-state index in [-0.39, 0.29) is 12.0 Å². The third kappa shape index (κ3) is 5.18. The molecule has 7 nitrogen and oxygen atoms in total. The average Bonchev–Trinajstić information content (AvgIpc) is 3.00. The highest BCUT2D eigenvalue weighted by molar-refractivity contribution is 7.88. The summed E-state index contributed by atoms with van der Waals surface area (Å²) in [6.07, 6.45) is 5.10. The number of nitrogens with zero attached hydrogens (tertiary/aromatic N) is 2. The molecule has 1 fully saturated rings. The second-order valence-corrected chi connectivity index (χ2v) is 8.24. The van der Waals surface area contributed by atoms with Crippen molar-refractivity contribution in [1.29, 1.82) is 0 Å². The zero-order valence-corrected chi connectivity index (χ0v) is 15.3. The molecule has 25 heavy (non-hydrogen) atoms. The lowest BCUT2D eigenvalue weighted by atomic mass is 9.98. The molecule has 2 heterocycles. The first-order valence-electron chi connectivity index (χ1n) is 7.89. The van der Waals surface area contributed by atoms with Gasteiger partial charge in [0.15, 0.2) is 0 Å². The Morgan fingerprint density at radius 2 is 2.16 bits per heavy atom. The summed E-state index contributed by atoms with van der Waals surface area (Å²) in [5.74, 6) is 0.666. The number of benzene rings is 1. The van der Waals surface area contributed by atoms with Crippen molar-refractivity contribution in [3.63, 3.8) is 0 Å². The number of hydrogen-bond donors (Lipinski definition) is 1. The Hall–Kier alpha value is -1.61. The Balaban J connectivity index is 1.60. The lowest BCUT2D eigenvalue weighted by Gasteiger charge is -2.31. The lowest BCUT2D eigenvalue weighted by molar-refractivity contribution is 0.0187. The fraction of sp³-hybridized carbons (Fsp3) is 0.438. The Morgan fingerprint density at radius 1 is 1.40 bits per heavy atom. The van der Waals surface area contributed by atoms with Gasteiger partial charge in [-0.3, -0.25) is 0 Å². The van der Waals surface area contributed by atoms with Crippen LogP contribution in [0.4, 0.5) is 0 Å². The van der Waals surface area contributed by atoms with Gasteiger partial charge in [-0.25, -0.2) is 17.8 Å². The van der Waals surface area contributed by atoms with E-state index in [1.807, 2.05) is 24.3 Å². The molecule has 0 spiro atoms. The summed E-state index contributed by atoms with van der Waals surface area (Å²) in [5.41, 5.74) is 0.872. The molecule has 1 aliphatic rings. The maximum Gasteiger partial charge on any atom is 0.208 e. The summed E-state index contributed by atoms with van der Waals surface area (Å²) in [6.45, 7) is 1.39. The Kier molecular flexibility index (Phi) is 5.63. The highest BCUT2D eigenvalue weighted by Crippen LogP contribution is 2.20. The van der Waals surface area contributed by atoms with Crippen LogP contribution in [0.5, 0.6) is 5.75 Å². The molecule has 1 aromatic carbocycles. The topological polar surface area (TPSA) is 82.5 Å².